The van der Waals surface area contributed by atoms with Gasteiger partial charge in [0.05, 0.1) is 6.61 Å². The molecule has 0 aromatic carbocycles. The highest BCUT2D eigenvalue weighted by Gasteiger charge is 2.22. The standard InChI is InChI=1S/C14H26N4O/c1-11(2)14(3,4)9-15-12-8-13(17-10-16-12)18(5)6-7-19/h8,10-11,19H,6-7,9H2,1-5H3,(H,15,16,17). The Hall–Kier alpha value is -1.36. The van der Waals surface area contributed by atoms with E-state index in [4.69, 9.17) is 5.11 Å². The highest BCUT2D eigenvalue weighted by Crippen LogP contribution is 2.26. The summed E-state index contributed by atoms with van der Waals surface area (Å²) < 4.78 is 0. The Balaban J connectivity index is 2.67. The Morgan fingerprint density at radius 2 is 2.05 bits per heavy atom. The Bertz CT molecular complexity index is 393. The smallest absolute Gasteiger partial charge is 0.133 e. The van der Waals surface area contributed by atoms with Crippen molar-refractivity contribution in [3.63, 3.8) is 0 Å². The first-order valence-corrected chi connectivity index (χ1v) is 6.74. The van der Waals surface area contributed by atoms with Gasteiger partial charge in [-0.25, -0.2) is 9.97 Å². The molecule has 0 spiro atoms. The number of likely N-dealkylation sites (N-methyl/N-ethyl adjacent to an activating group) is 1. The summed E-state index contributed by atoms with van der Waals surface area (Å²) in [6.45, 7) is 10.5. The lowest BCUT2D eigenvalue weighted by Crippen LogP contribution is -2.29. The molecular weight excluding hydrogens is 240 g/mol. The first kappa shape index (κ1) is 15.7. The summed E-state index contributed by atoms with van der Waals surface area (Å²) in [5, 5.41) is 12.3. The van der Waals surface area contributed by atoms with E-state index >= 15 is 0 Å². The first-order chi connectivity index (χ1) is 8.86. The zero-order valence-corrected chi connectivity index (χ0v) is 12.6. The van der Waals surface area contributed by atoms with Gasteiger partial charge in [0.2, 0.25) is 0 Å². The number of hydrogen-bond acceptors (Lipinski definition) is 5. The SMILES string of the molecule is CC(C)C(C)(C)CNc1cc(N(C)CCO)ncn1. The van der Waals surface area contributed by atoms with Gasteiger partial charge in [-0.05, 0) is 11.3 Å². The van der Waals surface area contributed by atoms with Crippen LogP contribution in [-0.2, 0) is 0 Å². The molecule has 5 heteroatoms. The summed E-state index contributed by atoms with van der Waals surface area (Å²) in [4.78, 5) is 10.3. The third-order valence-corrected chi connectivity index (χ3v) is 3.77. The van der Waals surface area contributed by atoms with Gasteiger partial charge >= 0.3 is 0 Å². The Kier molecular flexibility index (Phi) is 5.54. The fourth-order valence-electron chi connectivity index (χ4n) is 1.44. The second-order valence-corrected chi connectivity index (χ2v) is 5.90. The van der Waals surface area contributed by atoms with E-state index in [-0.39, 0.29) is 12.0 Å². The zero-order chi connectivity index (χ0) is 14.5. The second kappa shape index (κ2) is 6.70. The van der Waals surface area contributed by atoms with E-state index in [2.05, 4.69) is 43.0 Å². The normalized spacial score (nSPS) is 11.7. The minimum absolute atomic E-state index is 0.115. The molecule has 0 saturated heterocycles. The topological polar surface area (TPSA) is 61.3 Å². The third-order valence-electron chi connectivity index (χ3n) is 3.77. The van der Waals surface area contributed by atoms with E-state index in [0.717, 1.165) is 18.2 Å². The number of aromatic nitrogens is 2. The summed E-state index contributed by atoms with van der Waals surface area (Å²) in [7, 11) is 1.90. The van der Waals surface area contributed by atoms with Gasteiger partial charge in [-0.1, -0.05) is 27.7 Å². The molecule has 0 atom stereocenters. The third kappa shape index (κ3) is 4.67. The molecule has 5 nitrogen and oxygen atoms in total. The molecule has 1 rings (SSSR count). The molecule has 0 saturated carbocycles. The van der Waals surface area contributed by atoms with Crippen molar-refractivity contribution in [3.8, 4) is 0 Å². The van der Waals surface area contributed by atoms with Crippen LogP contribution in [0.4, 0.5) is 11.6 Å². The van der Waals surface area contributed by atoms with Gasteiger partial charge in [0, 0.05) is 26.2 Å². The maximum Gasteiger partial charge on any atom is 0.133 e. The van der Waals surface area contributed by atoms with Crippen LogP contribution in [0.5, 0.6) is 0 Å². The quantitative estimate of drug-likeness (QED) is 0.790. The van der Waals surface area contributed by atoms with Crippen LogP contribution < -0.4 is 10.2 Å². The Morgan fingerprint density at radius 3 is 2.63 bits per heavy atom. The first-order valence-electron chi connectivity index (χ1n) is 6.74. The molecule has 0 aliphatic heterocycles. The lowest BCUT2D eigenvalue weighted by molar-refractivity contribution is 0.269. The molecule has 0 fully saturated rings. The van der Waals surface area contributed by atoms with Gasteiger partial charge in [0.25, 0.3) is 0 Å². The molecule has 108 valence electrons. The molecule has 1 aromatic rings. The van der Waals surface area contributed by atoms with Crippen LogP contribution >= 0.6 is 0 Å². The minimum atomic E-state index is 0.115. The van der Waals surface area contributed by atoms with Crippen LogP contribution in [0.15, 0.2) is 12.4 Å². The van der Waals surface area contributed by atoms with E-state index in [1.165, 1.54) is 0 Å². The van der Waals surface area contributed by atoms with Crippen LogP contribution in [0.1, 0.15) is 27.7 Å². The van der Waals surface area contributed by atoms with Crippen LogP contribution in [0.25, 0.3) is 0 Å². The van der Waals surface area contributed by atoms with Crippen LogP contribution in [0.2, 0.25) is 0 Å². The molecule has 0 bridgehead atoms. The fourth-order valence-corrected chi connectivity index (χ4v) is 1.44. The van der Waals surface area contributed by atoms with Gasteiger partial charge in [0.1, 0.15) is 18.0 Å². The minimum Gasteiger partial charge on any atom is -0.395 e. The number of aliphatic hydroxyl groups is 1. The number of nitrogens with zero attached hydrogens (tertiary/aromatic N) is 3. The van der Waals surface area contributed by atoms with Gasteiger partial charge in [-0.3, -0.25) is 0 Å². The van der Waals surface area contributed by atoms with Crippen molar-refractivity contribution in [2.24, 2.45) is 11.3 Å². The van der Waals surface area contributed by atoms with Crippen molar-refractivity contribution in [2.75, 3.05) is 37.0 Å². The van der Waals surface area contributed by atoms with Crippen molar-refractivity contribution in [2.45, 2.75) is 27.7 Å². The number of hydrogen-bond donors (Lipinski definition) is 2. The summed E-state index contributed by atoms with van der Waals surface area (Å²) in [5.74, 6) is 2.23. The average Bonchev–Trinajstić information content (AvgIpc) is 2.37. The Labute approximate surface area is 116 Å². The molecule has 0 unspecified atom stereocenters. The summed E-state index contributed by atoms with van der Waals surface area (Å²) in [6, 6.07) is 1.91. The van der Waals surface area contributed by atoms with Crippen LogP contribution in [-0.4, -0.2) is 41.8 Å². The largest absolute Gasteiger partial charge is 0.395 e. The molecule has 1 aromatic heterocycles. The van der Waals surface area contributed by atoms with Crippen LogP contribution in [0.3, 0.4) is 0 Å². The highest BCUT2D eigenvalue weighted by molar-refractivity contribution is 5.47. The molecule has 2 N–H and O–H groups in total. The monoisotopic (exact) mass is 266 g/mol. The molecule has 19 heavy (non-hydrogen) atoms. The van der Waals surface area contributed by atoms with Crippen molar-refractivity contribution >= 4 is 11.6 Å². The predicted octanol–water partition coefficient (Wildman–Crippen LogP) is 2.00. The lowest BCUT2D eigenvalue weighted by atomic mass is 9.81. The van der Waals surface area contributed by atoms with Crippen molar-refractivity contribution in [3.05, 3.63) is 12.4 Å². The maximum atomic E-state index is 8.94. The second-order valence-electron chi connectivity index (χ2n) is 5.90. The van der Waals surface area contributed by atoms with E-state index in [0.29, 0.717) is 12.5 Å². The number of rotatable bonds is 7. The Morgan fingerprint density at radius 1 is 1.37 bits per heavy atom. The molecular formula is C14H26N4O. The van der Waals surface area contributed by atoms with Crippen molar-refractivity contribution in [1.29, 1.82) is 0 Å². The van der Waals surface area contributed by atoms with E-state index in [1.807, 2.05) is 18.0 Å². The molecule has 0 amide bonds. The lowest BCUT2D eigenvalue weighted by Gasteiger charge is -2.29. The van der Waals surface area contributed by atoms with Crippen LogP contribution in [0, 0.1) is 11.3 Å². The van der Waals surface area contributed by atoms with Crippen molar-refractivity contribution in [1.82, 2.24) is 9.97 Å². The molecule has 0 radical (unpaired) electrons. The van der Waals surface area contributed by atoms with E-state index < -0.39 is 0 Å². The summed E-state index contributed by atoms with van der Waals surface area (Å²) in [5.41, 5.74) is 0.210. The maximum absolute atomic E-state index is 8.94. The molecule has 0 aliphatic carbocycles. The molecule has 1 heterocycles. The zero-order valence-electron chi connectivity index (χ0n) is 12.6. The number of anilines is 2. The number of aliphatic hydroxyl groups excluding tert-OH is 1. The van der Waals surface area contributed by atoms with Crippen molar-refractivity contribution < 1.29 is 5.11 Å². The molecule has 0 aliphatic rings. The highest BCUT2D eigenvalue weighted by atomic mass is 16.3. The fraction of sp³-hybridized carbons (Fsp3) is 0.714. The van der Waals surface area contributed by atoms with E-state index in [1.54, 1.807) is 6.33 Å². The van der Waals surface area contributed by atoms with Gasteiger partial charge in [0.15, 0.2) is 0 Å². The summed E-state index contributed by atoms with van der Waals surface area (Å²) in [6.07, 6.45) is 1.55. The average molecular weight is 266 g/mol. The van der Waals surface area contributed by atoms with Gasteiger partial charge < -0.3 is 15.3 Å². The summed E-state index contributed by atoms with van der Waals surface area (Å²) >= 11 is 0. The number of nitrogens with one attached hydrogen (secondary N) is 1. The van der Waals surface area contributed by atoms with Gasteiger partial charge in [-0.2, -0.15) is 0 Å². The van der Waals surface area contributed by atoms with E-state index in [9.17, 15) is 0 Å². The predicted molar refractivity (Wildman–Crippen MR) is 79.5 cm³/mol. The van der Waals surface area contributed by atoms with Gasteiger partial charge in [-0.15, -0.1) is 0 Å².